The predicted molar refractivity (Wildman–Crippen MR) is 63.4 cm³/mol. The van der Waals surface area contributed by atoms with E-state index in [1.807, 2.05) is 0 Å². The summed E-state index contributed by atoms with van der Waals surface area (Å²) in [4.78, 5) is 2.56. The number of hydrogen-bond acceptors (Lipinski definition) is 2. The Labute approximate surface area is 94.3 Å². The van der Waals surface area contributed by atoms with Gasteiger partial charge in [0.15, 0.2) is 0 Å². The third-order valence-electron chi connectivity index (χ3n) is 4.09. The second-order valence-corrected chi connectivity index (χ2v) is 5.30. The molecule has 15 heavy (non-hydrogen) atoms. The fourth-order valence-electron chi connectivity index (χ4n) is 3.40. The predicted octanol–water partition coefficient (Wildman–Crippen LogP) is 3.05. The van der Waals surface area contributed by atoms with Gasteiger partial charge in [-0.3, -0.25) is 4.90 Å². The Kier molecular flexibility index (Phi) is 4.16. The van der Waals surface area contributed by atoms with E-state index in [4.69, 9.17) is 5.26 Å². The summed E-state index contributed by atoms with van der Waals surface area (Å²) in [6, 6.07) is 2.27. The number of nitrogens with zero attached hydrogens (tertiary/aromatic N) is 2. The summed E-state index contributed by atoms with van der Waals surface area (Å²) in [6.07, 6.45) is 3.26. The molecule has 1 saturated heterocycles. The molecule has 2 nitrogen and oxygen atoms in total. The Morgan fingerprint density at radius 1 is 1.27 bits per heavy atom. The zero-order valence-corrected chi connectivity index (χ0v) is 10.6. The van der Waals surface area contributed by atoms with Crippen molar-refractivity contribution in [1.82, 2.24) is 4.90 Å². The Morgan fingerprint density at radius 3 is 2.33 bits per heavy atom. The molecule has 86 valence electrons. The average molecular weight is 208 g/mol. The second-order valence-electron chi connectivity index (χ2n) is 5.30. The Morgan fingerprint density at radius 2 is 1.87 bits per heavy atom. The zero-order valence-electron chi connectivity index (χ0n) is 10.6. The van der Waals surface area contributed by atoms with Crippen LogP contribution in [0.5, 0.6) is 0 Å². The molecule has 0 unspecified atom stereocenters. The van der Waals surface area contributed by atoms with E-state index in [2.05, 4.69) is 38.7 Å². The first-order valence-electron chi connectivity index (χ1n) is 6.17. The number of likely N-dealkylation sites (tertiary alicyclic amines) is 1. The van der Waals surface area contributed by atoms with E-state index in [1.54, 1.807) is 0 Å². The van der Waals surface area contributed by atoms with Gasteiger partial charge < -0.3 is 0 Å². The number of rotatable bonds is 4. The molecule has 0 bridgehead atoms. The van der Waals surface area contributed by atoms with E-state index < -0.39 is 0 Å². The lowest BCUT2D eigenvalue weighted by atomic mass is 9.75. The minimum absolute atomic E-state index is 0.344. The molecule has 1 rings (SSSR count). The minimum atomic E-state index is 0.344. The van der Waals surface area contributed by atoms with E-state index in [1.165, 1.54) is 19.4 Å². The summed E-state index contributed by atoms with van der Waals surface area (Å²) >= 11 is 0. The fourth-order valence-corrected chi connectivity index (χ4v) is 3.40. The zero-order chi connectivity index (χ0) is 11.5. The normalized spacial score (nSPS) is 21.1. The highest BCUT2D eigenvalue weighted by Crippen LogP contribution is 2.41. The first kappa shape index (κ1) is 12.5. The molecule has 0 amide bonds. The molecule has 0 radical (unpaired) electrons. The molecule has 0 atom stereocenters. The molecule has 0 aliphatic carbocycles. The van der Waals surface area contributed by atoms with Crippen LogP contribution in [0.3, 0.4) is 0 Å². The molecular formula is C13H24N2. The Bertz CT molecular complexity index is 229. The molecule has 1 heterocycles. The van der Waals surface area contributed by atoms with Crippen LogP contribution in [0.25, 0.3) is 0 Å². The van der Waals surface area contributed by atoms with Crippen LogP contribution in [0.2, 0.25) is 0 Å². The van der Waals surface area contributed by atoms with E-state index in [-0.39, 0.29) is 0 Å². The van der Waals surface area contributed by atoms with Crippen LogP contribution in [0.15, 0.2) is 0 Å². The van der Waals surface area contributed by atoms with E-state index in [0.717, 1.165) is 6.54 Å². The van der Waals surface area contributed by atoms with Crippen LogP contribution in [-0.2, 0) is 0 Å². The minimum Gasteiger partial charge on any atom is -0.296 e. The average Bonchev–Trinajstić information content (AvgIpc) is 2.58. The van der Waals surface area contributed by atoms with Gasteiger partial charge in [-0.15, -0.1) is 0 Å². The second kappa shape index (κ2) is 4.99. The highest BCUT2D eigenvalue weighted by molar-refractivity contribution is 5.00. The summed E-state index contributed by atoms with van der Waals surface area (Å²) in [7, 11) is 0. The highest BCUT2D eigenvalue weighted by Gasteiger charge is 2.45. The first-order chi connectivity index (χ1) is 7.05. The van der Waals surface area contributed by atoms with Gasteiger partial charge in [-0.25, -0.2) is 0 Å². The van der Waals surface area contributed by atoms with Gasteiger partial charge in [0.05, 0.1) is 6.07 Å². The largest absolute Gasteiger partial charge is 0.296 e. The molecule has 1 aliphatic heterocycles. The molecule has 0 aromatic heterocycles. The third kappa shape index (κ3) is 2.18. The SMILES string of the molecule is CC(C)C1(C(C)C)CCCN1CCC#N. The Hall–Kier alpha value is -0.550. The Balaban J connectivity index is 2.81. The lowest BCUT2D eigenvalue weighted by Crippen LogP contribution is -2.52. The fraction of sp³-hybridized carbons (Fsp3) is 0.923. The maximum atomic E-state index is 8.70. The van der Waals surface area contributed by atoms with Crippen molar-refractivity contribution in [2.75, 3.05) is 13.1 Å². The first-order valence-corrected chi connectivity index (χ1v) is 6.17. The van der Waals surface area contributed by atoms with Crippen molar-refractivity contribution in [3.63, 3.8) is 0 Å². The number of nitriles is 1. The molecule has 0 aromatic carbocycles. The van der Waals surface area contributed by atoms with Gasteiger partial charge in [0.25, 0.3) is 0 Å². The van der Waals surface area contributed by atoms with Crippen LogP contribution in [0, 0.1) is 23.2 Å². The molecule has 1 aliphatic rings. The maximum Gasteiger partial charge on any atom is 0.0635 e. The van der Waals surface area contributed by atoms with Crippen molar-refractivity contribution >= 4 is 0 Å². The van der Waals surface area contributed by atoms with Crippen LogP contribution < -0.4 is 0 Å². The van der Waals surface area contributed by atoms with Gasteiger partial charge in [-0.05, 0) is 31.2 Å². The summed E-state index contributed by atoms with van der Waals surface area (Å²) < 4.78 is 0. The molecule has 1 fully saturated rings. The van der Waals surface area contributed by atoms with Gasteiger partial charge in [0.2, 0.25) is 0 Å². The topological polar surface area (TPSA) is 27.0 Å². The van der Waals surface area contributed by atoms with E-state index >= 15 is 0 Å². The van der Waals surface area contributed by atoms with E-state index in [0.29, 0.717) is 23.8 Å². The smallest absolute Gasteiger partial charge is 0.0635 e. The quantitative estimate of drug-likeness (QED) is 0.710. The number of hydrogen-bond donors (Lipinski definition) is 0. The van der Waals surface area contributed by atoms with Crippen LogP contribution in [-0.4, -0.2) is 23.5 Å². The van der Waals surface area contributed by atoms with Crippen molar-refractivity contribution in [1.29, 1.82) is 5.26 Å². The summed E-state index contributed by atoms with van der Waals surface area (Å²) in [5, 5.41) is 8.70. The summed E-state index contributed by atoms with van der Waals surface area (Å²) in [5.41, 5.74) is 0.344. The maximum absolute atomic E-state index is 8.70. The van der Waals surface area contributed by atoms with Crippen molar-refractivity contribution in [2.45, 2.75) is 52.5 Å². The lowest BCUT2D eigenvalue weighted by molar-refractivity contribution is 0.0431. The van der Waals surface area contributed by atoms with Crippen molar-refractivity contribution in [2.24, 2.45) is 11.8 Å². The van der Waals surface area contributed by atoms with Gasteiger partial charge in [-0.1, -0.05) is 27.7 Å². The van der Waals surface area contributed by atoms with Crippen LogP contribution >= 0.6 is 0 Å². The summed E-state index contributed by atoms with van der Waals surface area (Å²) in [6.45, 7) is 11.4. The van der Waals surface area contributed by atoms with Gasteiger partial charge in [0, 0.05) is 18.5 Å². The van der Waals surface area contributed by atoms with Crippen molar-refractivity contribution < 1.29 is 0 Å². The highest BCUT2D eigenvalue weighted by atomic mass is 15.2. The molecular weight excluding hydrogens is 184 g/mol. The van der Waals surface area contributed by atoms with Crippen molar-refractivity contribution in [3.05, 3.63) is 0 Å². The summed E-state index contributed by atoms with van der Waals surface area (Å²) in [5.74, 6) is 1.36. The van der Waals surface area contributed by atoms with Gasteiger partial charge >= 0.3 is 0 Å². The van der Waals surface area contributed by atoms with Crippen LogP contribution in [0.1, 0.15) is 47.0 Å². The molecule has 0 aromatic rings. The van der Waals surface area contributed by atoms with Crippen molar-refractivity contribution in [3.8, 4) is 6.07 Å². The molecule has 0 N–H and O–H groups in total. The molecule has 0 saturated carbocycles. The van der Waals surface area contributed by atoms with E-state index in [9.17, 15) is 0 Å². The monoisotopic (exact) mass is 208 g/mol. The molecule has 2 heteroatoms. The van der Waals surface area contributed by atoms with Crippen LogP contribution in [0.4, 0.5) is 0 Å². The van der Waals surface area contributed by atoms with Gasteiger partial charge in [0.1, 0.15) is 0 Å². The molecule has 0 spiro atoms. The standard InChI is InChI=1S/C13H24N2/c1-11(2)13(12(3)4)7-5-9-15(13)10-6-8-14/h11-12H,5-7,9-10H2,1-4H3. The third-order valence-corrected chi connectivity index (χ3v) is 4.09. The lowest BCUT2D eigenvalue weighted by Gasteiger charge is -2.45. The van der Waals surface area contributed by atoms with Gasteiger partial charge in [-0.2, -0.15) is 5.26 Å².